The van der Waals surface area contributed by atoms with E-state index < -0.39 is 0 Å². The number of rotatable bonds is 4. The molecule has 3 rings (SSSR count). The maximum atomic E-state index is 5.79. The van der Waals surface area contributed by atoms with E-state index in [1.165, 1.54) is 5.56 Å². The van der Waals surface area contributed by atoms with Gasteiger partial charge in [-0.1, -0.05) is 33.3 Å². The van der Waals surface area contributed by atoms with E-state index in [0.29, 0.717) is 0 Å². The third-order valence-corrected chi connectivity index (χ3v) is 5.73. The highest BCUT2D eigenvalue weighted by atomic mass is 127. The molecule has 6 heteroatoms. The normalized spacial score (nSPS) is 11.1. The molecule has 0 bridgehead atoms. The third kappa shape index (κ3) is 3.97. The summed E-state index contributed by atoms with van der Waals surface area (Å²) in [6, 6.07) is 12.3. The monoisotopic (exact) mass is 514 g/mol. The van der Waals surface area contributed by atoms with Crippen molar-refractivity contribution in [1.29, 1.82) is 0 Å². The van der Waals surface area contributed by atoms with Crippen molar-refractivity contribution in [1.82, 2.24) is 10.2 Å². The highest BCUT2D eigenvalue weighted by molar-refractivity contribution is 14.1. The van der Waals surface area contributed by atoms with Crippen LogP contribution in [0.5, 0.6) is 5.75 Å². The maximum absolute atomic E-state index is 5.79. The van der Waals surface area contributed by atoms with Crippen molar-refractivity contribution in [2.75, 3.05) is 0 Å². The Morgan fingerprint density at radius 1 is 1.08 bits per heavy atom. The van der Waals surface area contributed by atoms with Crippen molar-refractivity contribution in [3.63, 3.8) is 0 Å². The first kappa shape index (κ1) is 17.8. The second kappa shape index (κ2) is 7.49. The Morgan fingerprint density at radius 2 is 1.83 bits per heavy atom. The number of aromatic nitrogens is 2. The van der Waals surface area contributed by atoms with Gasteiger partial charge in [0, 0.05) is 15.6 Å². The van der Waals surface area contributed by atoms with Crippen molar-refractivity contribution in [3.05, 3.63) is 50.0 Å². The van der Waals surface area contributed by atoms with Gasteiger partial charge in [0.2, 0.25) is 0 Å². The zero-order chi connectivity index (χ0) is 17.3. The van der Waals surface area contributed by atoms with E-state index in [9.17, 15) is 0 Å². The Bertz CT molecular complexity index is 879. The molecule has 0 amide bonds. The number of nitrogens with zero attached hydrogens (tertiary/aromatic N) is 2. The van der Waals surface area contributed by atoms with E-state index in [2.05, 4.69) is 73.8 Å². The van der Waals surface area contributed by atoms with Crippen LogP contribution in [-0.4, -0.2) is 16.3 Å². The van der Waals surface area contributed by atoms with Gasteiger partial charge in [-0.3, -0.25) is 0 Å². The first-order chi connectivity index (χ1) is 11.4. The molecule has 0 N–H and O–H groups in total. The van der Waals surface area contributed by atoms with E-state index in [-0.39, 0.29) is 6.10 Å². The van der Waals surface area contributed by atoms with Gasteiger partial charge in [-0.15, -0.1) is 10.2 Å². The molecule has 0 saturated heterocycles. The molecule has 3 nitrogen and oxygen atoms in total. The quantitative estimate of drug-likeness (QED) is 0.381. The van der Waals surface area contributed by atoms with Crippen molar-refractivity contribution < 1.29 is 4.74 Å². The Morgan fingerprint density at radius 3 is 2.50 bits per heavy atom. The zero-order valence-electron chi connectivity index (χ0n) is 13.5. The lowest BCUT2D eigenvalue weighted by atomic mass is 10.1. The Labute approximate surface area is 167 Å². The summed E-state index contributed by atoms with van der Waals surface area (Å²) in [7, 11) is 0. The van der Waals surface area contributed by atoms with E-state index in [0.717, 1.165) is 34.9 Å². The molecule has 0 aliphatic carbocycles. The van der Waals surface area contributed by atoms with E-state index in [1.807, 2.05) is 32.0 Å². The number of hydrogen-bond donors (Lipinski definition) is 0. The topological polar surface area (TPSA) is 35.0 Å². The van der Waals surface area contributed by atoms with Crippen LogP contribution >= 0.6 is 49.9 Å². The molecule has 0 aliphatic rings. The van der Waals surface area contributed by atoms with Crippen molar-refractivity contribution in [2.45, 2.75) is 26.9 Å². The average molecular weight is 515 g/mol. The summed E-state index contributed by atoms with van der Waals surface area (Å²) in [6.07, 6.45) is 0.165. The maximum Gasteiger partial charge on any atom is 0.148 e. The van der Waals surface area contributed by atoms with Gasteiger partial charge in [0.1, 0.15) is 15.8 Å². The third-order valence-electron chi connectivity index (χ3n) is 3.39. The van der Waals surface area contributed by atoms with Gasteiger partial charge in [-0.2, -0.15) is 0 Å². The van der Waals surface area contributed by atoms with Crippen LogP contribution in [0.4, 0.5) is 0 Å². The van der Waals surface area contributed by atoms with Crippen LogP contribution in [0.15, 0.2) is 40.9 Å². The summed E-state index contributed by atoms with van der Waals surface area (Å²) in [5, 5.41) is 10.6. The first-order valence-corrected chi connectivity index (χ1v) is 10.2. The second-order valence-electron chi connectivity index (χ2n) is 5.68. The van der Waals surface area contributed by atoms with Gasteiger partial charge in [0.05, 0.1) is 9.67 Å². The lowest BCUT2D eigenvalue weighted by Gasteiger charge is -2.11. The summed E-state index contributed by atoms with van der Waals surface area (Å²) in [5.41, 5.74) is 3.37. The molecule has 3 aromatic rings. The molecule has 2 aromatic carbocycles. The van der Waals surface area contributed by atoms with E-state index in [1.54, 1.807) is 11.3 Å². The molecule has 0 fully saturated rings. The van der Waals surface area contributed by atoms with Gasteiger partial charge in [-0.25, -0.2) is 0 Å². The molecule has 24 heavy (non-hydrogen) atoms. The molecule has 0 spiro atoms. The molecule has 0 radical (unpaired) electrons. The van der Waals surface area contributed by atoms with Crippen molar-refractivity contribution in [2.24, 2.45) is 0 Å². The highest BCUT2D eigenvalue weighted by Gasteiger charge is 2.13. The van der Waals surface area contributed by atoms with Crippen LogP contribution in [-0.2, 0) is 0 Å². The van der Waals surface area contributed by atoms with Gasteiger partial charge in [0.25, 0.3) is 0 Å². The van der Waals surface area contributed by atoms with Gasteiger partial charge >= 0.3 is 0 Å². The molecule has 0 aliphatic heterocycles. The molecule has 0 atom stereocenters. The predicted molar refractivity (Wildman–Crippen MR) is 112 cm³/mol. The minimum absolute atomic E-state index is 0.165. The van der Waals surface area contributed by atoms with Crippen LogP contribution in [0.2, 0.25) is 0 Å². The standard InChI is InChI=1S/C18H16BrIN2OS/c1-10(2)23-16-7-4-12(9-15(16)20)17-21-22-18(24-17)14-6-5-13(19)8-11(14)3/h4-10H,1-3H3. The van der Waals surface area contributed by atoms with Crippen LogP contribution in [0.25, 0.3) is 21.1 Å². The van der Waals surface area contributed by atoms with Crippen LogP contribution in [0.3, 0.4) is 0 Å². The number of aryl methyl sites for hydroxylation is 1. The largest absolute Gasteiger partial charge is 0.490 e. The van der Waals surface area contributed by atoms with Crippen molar-refractivity contribution in [3.8, 4) is 26.9 Å². The Balaban J connectivity index is 1.92. The summed E-state index contributed by atoms with van der Waals surface area (Å²) in [6.45, 7) is 6.14. The van der Waals surface area contributed by atoms with Crippen LogP contribution in [0, 0.1) is 10.5 Å². The Kier molecular flexibility index (Phi) is 5.56. The number of hydrogen-bond acceptors (Lipinski definition) is 4. The molecular formula is C18H16BrIN2OS. The summed E-state index contributed by atoms with van der Waals surface area (Å²) >= 11 is 7.40. The smallest absolute Gasteiger partial charge is 0.148 e. The molecule has 1 aromatic heterocycles. The Hall–Kier alpha value is -0.990. The lowest BCUT2D eigenvalue weighted by molar-refractivity contribution is 0.240. The average Bonchev–Trinajstić information content (AvgIpc) is 2.98. The SMILES string of the molecule is Cc1cc(Br)ccc1-c1nnc(-c2ccc(OC(C)C)c(I)c2)s1. The fourth-order valence-electron chi connectivity index (χ4n) is 2.30. The molecular weight excluding hydrogens is 499 g/mol. The van der Waals surface area contributed by atoms with Crippen LogP contribution < -0.4 is 4.74 Å². The summed E-state index contributed by atoms with van der Waals surface area (Å²) in [5.74, 6) is 0.905. The molecule has 0 saturated carbocycles. The van der Waals surface area contributed by atoms with E-state index >= 15 is 0 Å². The summed E-state index contributed by atoms with van der Waals surface area (Å²) < 4.78 is 7.94. The highest BCUT2D eigenvalue weighted by Crippen LogP contribution is 2.34. The van der Waals surface area contributed by atoms with E-state index in [4.69, 9.17) is 4.74 Å². The molecule has 0 unspecified atom stereocenters. The molecule has 1 heterocycles. The van der Waals surface area contributed by atoms with Gasteiger partial charge in [-0.05, 0) is 79.3 Å². The van der Waals surface area contributed by atoms with Gasteiger partial charge in [0.15, 0.2) is 0 Å². The number of halogens is 2. The fraction of sp³-hybridized carbons (Fsp3) is 0.222. The number of ether oxygens (including phenoxy) is 1. The minimum Gasteiger partial charge on any atom is -0.490 e. The van der Waals surface area contributed by atoms with Gasteiger partial charge < -0.3 is 4.74 Å². The first-order valence-electron chi connectivity index (χ1n) is 7.50. The second-order valence-corrected chi connectivity index (χ2v) is 8.74. The number of benzene rings is 2. The molecule has 124 valence electrons. The summed E-state index contributed by atoms with van der Waals surface area (Å²) in [4.78, 5) is 0. The fourth-order valence-corrected chi connectivity index (χ4v) is 4.35. The van der Waals surface area contributed by atoms with Crippen molar-refractivity contribution >= 4 is 49.9 Å². The predicted octanol–water partition coefficient (Wildman–Crippen LogP) is 6.33. The zero-order valence-corrected chi connectivity index (χ0v) is 18.1. The van der Waals surface area contributed by atoms with Crippen LogP contribution in [0.1, 0.15) is 19.4 Å². The lowest BCUT2D eigenvalue weighted by Crippen LogP contribution is -2.06. The minimum atomic E-state index is 0.165.